The first-order valence-electron chi connectivity index (χ1n) is 17.2. The van der Waals surface area contributed by atoms with Crippen LogP contribution in [0.5, 0.6) is 0 Å². The third kappa shape index (κ3) is 6.02. The summed E-state index contributed by atoms with van der Waals surface area (Å²) in [5, 5.41) is 2.19. The molecule has 0 N–H and O–H groups in total. The van der Waals surface area contributed by atoms with Crippen molar-refractivity contribution in [2.24, 2.45) is 0 Å². The van der Waals surface area contributed by atoms with Crippen molar-refractivity contribution in [3.63, 3.8) is 0 Å². The van der Waals surface area contributed by atoms with E-state index in [4.69, 9.17) is 15.0 Å². The largest absolute Gasteiger partial charge is 0.416 e. The lowest BCUT2D eigenvalue weighted by Gasteiger charge is -2.16. The average molecular weight is 695 g/mol. The van der Waals surface area contributed by atoms with Gasteiger partial charge in [0.1, 0.15) is 0 Å². The van der Waals surface area contributed by atoms with Gasteiger partial charge in [-0.3, -0.25) is 0 Å². The smallest absolute Gasteiger partial charge is 0.309 e. The topological polar surface area (TPSA) is 43.6 Å². The van der Waals surface area contributed by atoms with E-state index >= 15 is 0 Å². The third-order valence-corrected chi connectivity index (χ3v) is 9.51. The minimum Gasteiger partial charge on any atom is -0.309 e. The Hall–Kier alpha value is -6.86. The molecular formula is C46H29F3N4. The van der Waals surface area contributed by atoms with Gasteiger partial charge in [0.05, 0.1) is 16.6 Å². The van der Waals surface area contributed by atoms with E-state index in [0.717, 1.165) is 61.9 Å². The summed E-state index contributed by atoms with van der Waals surface area (Å²) in [5.41, 5.74) is 7.92. The summed E-state index contributed by atoms with van der Waals surface area (Å²) in [6.07, 6.45) is -4.47. The van der Waals surface area contributed by atoms with Crippen LogP contribution in [0.2, 0.25) is 0 Å². The SMILES string of the molecule is FC(F)(F)c1ccc(-c2cc(-n3c4ccccc4c4ccc(-c5ccccc5)cc43)ccc2-c2nc(-c3ccccc3)nc(-c3ccccc3)n2)cc1. The lowest BCUT2D eigenvalue weighted by atomic mass is 9.97. The molecule has 0 unspecified atom stereocenters. The Morgan fingerprint density at radius 1 is 0.377 bits per heavy atom. The molecule has 0 aliphatic carbocycles. The molecule has 0 saturated heterocycles. The number of alkyl halides is 3. The summed E-state index contributed by atoms with van der Waals surface area (Å²) in [7, 11) is 0. The van der Waals surface area contributed by atoms with E-state index in [9.17, 15) is 13.2 Å². The fourth-order valence-corrected chi connectivity index (χ4v) is 6.93. The summed E-state index contributed by atoms with van der Waals surface area (Å²) in [6.45, 7) is 0. The summed E-state index contributed by atoms with van der Waals surface area (Å²) in [4.78, 5) is 14.8. The quantitative estimate of drug-likeness (QED) is 0.174. The number of fused-ring (bicyclic) bond motifs is 3. The second-order valence-corrected chi connectivity index (χ2v) is 12.8. The zero-order chi connectivity index (χ0) is 35.9. The van der Waals surface area contributed by atoms with Gasteiger partial charge in [-0.25, -0.2) is 15.0 Å². The van der Waals surface area contributed by atoms with E-state index in [-0.39, 0.29) is 0 Å². The van der Waals surface area contributed by atoms with Crippen molar-refractivity contribution in [1.29, 1.82) is 0 Å². The van der Waals surface area contributed by atoms with Crippen LogP contribution in [0.25, 0.3) is 83.9 Å². The van der Waals surface area contributed by atoms with Crippen LogP contribution in [-0.2, 0) is 6.18 Å². The van der Waals surface area contributed by atoms with E-state index in [1.165, 1.54) is 12.1 Å². The standard InChI is InChI=1S/C46H29F3N4/c47-46(48,49)35-23-20-31(21-24-35)40-29-36(53-41-19-11-10-18-37(41)38-26-22-34(28-42(38)53)30-12-4-1-5-13-30)25-27-39(40)45-51-43(32-14-6-2-7-15-32)50-44(52-45)33-16-8-3-9-17-33/h1-29H. The molecule has 53 heavy (non-hydrogen) atoms. The molecule has 0 saturated carbocycles. The van der Waals surface area contributed by atoms with Crippen LogP contribution >= 0.6 is 0 Å². The maximum Gasteiger partial charge on any atom is 0.416 e. The molecule has 0 radical (unpaired) electrons. The number of halogens is 3. The first-order chi connectivity index (χ1) is 25.9. The maximum absolute atomic E-state index is 13.7. The Morgan fingerprint density at radius 2 is 0.906 bits per heavy atom. The highest BCUT2D eigenvalue weighted by molar-refractivity contribution is 6.10. The number of hydrogen-bond donors (Lipinski definition) is 0. The predicted octanol–water partition coefficient (Wildman–Crippen LogP) is 12.3. The van der Waals surface area contributed by atoms with E-state index in [0.29, 0.717) is 34.2 Å². The van der Waals surface area contributed by atoms with Gasteiger partial charge in [0.2, 0.25) is 0 Å². The molecule has 7 heteroatoms. The zero-order valence-corrected chi connectivity index (χ0v) is 28.2. The van der Waals surface area contributed by atoms with Crippen molar-refractivity contribution in [2.75, 3.05) is 0 Å². The van der Waals surface area contributed by atoms with Gasteiger partial charge in [-0.2, -0.15) is 13.2 Å². The fourth-order valence-electron chi connectivity index (χ4n) is 6.93. The Morgan fingerprint density at radius 3 is 1.53 bits per heavy atom. The molecule has 9 rings (SSSR count). The van der Waals surface area contributed by atoms with E-state index in [1.807, 2.05) is 109 Å². The number of hydrogen-bond acceptors (Lipinski definition) is 3. The second-order valence-electron chi connectivity index (χ2n) is 12.8. The highest BCUT2D eigenvalue weighted by Crippen LogP contribution is 2.40. The Bertz CT molecular complexity index is 2680. The van der Waals surface area contributed by atoms with Crippen LogP contribution in [-0.4, -0.2) is 19.5 Å². The number of nitrogens with zero attached hydrogens (tertiary/aromatic N) is 4. The summed E-state index contributed by atoms with van der Waals surface area (Å²) in [6, 6.07) is 55.6. The van der Waals surface area contributed by atoms with Crippen molar-refractivity contribution in [1.82, 2.24) is 19.5 Å². The second kappa shape index (κ2) is 13.0. The maximum atomic E-state index is 13.7. The molecule has 4 nitrogen and oxygen atoms in total. The van der Waals surface area contributed by atoms with Gasteiger partial charge in [-0.15, -0.1) is 0 Å². The van der Waals surface area contributed by atoms with Gasteiger partial charge in [-0.05, 0) is 64.7 Å². The average Bonchev–Trinajstić information content (AvgIpc) is 3.55. The molecule has 0 bridgehead atoms. The molecule has 0 aliphatic rings. The van der Waals surface area contributed by atoms with E-state index in [2.05, 4.69) is 47.0 Å². The fraction of sp³-hybridized carbons (Fsp3) is 0.0217. The van der Waals surface area contributed by atoms with E-state index in [1.54, 1.807) is 0 Å². The number of benzene rings is 7. The molecule has 0 aliphatic heterocycles. The molecule has 7 aromatic carbocycles. The molecule has 2 heterocycles. The van der Waals surface area contributed by atoms with Crippen LogP contribution in [0.4, 0.5) is 13.2 Å². The molecule has 2 aromatic heterocycles. The summed E-state index contributed by atoms with van der Waals surface area (Å²) < 4.78 is 43.5. The van der Waals surface area contributed by atoms with Crippen LogP contribution in [0, 0.1) is 0 Å². The van der Waals surface area contributed by atoms with Crippen molar-refractivity contribution >= 4 is 21.8 Å². The molecule has 0 fully saturated rings. The lowest BCUT2D eigenvalue weighted by molar-refractivity contribution is -0.137. The van der Waals surface area contributed by atoms with Gasteiger partial charge in [0.15, 0.2) is 17.5 Å². The van der Waals surface area contributed by atoms with Crippen molar-refractivity contribution in [3.05, 3.63) is 181 Å². The highest BCUT2D eigenvalue weighted by Gasteiger charge is 2.30. The first kappa shape index (κ1) is 32.1. The van der Waals surface area contributed by atoms with Gasteiger partial charge in [0.25, 0.3) is 0 Å². The van der Waals surface area contributed by atoms with Gasteiger partial charge < -0.3 is 4.57 Å². The number of rotatable bonds is 6. The van der Waals surface area contributed by atoms with Crippen LogP contribution < -0.4 is 0 Å². The molecule has 0 spiro atoms. The van der Waals surface area contributed by atoms with Crippen LogP contribution in [0.3, 0.4) is 0 Å². The third-order valence-electron chi connectivity index (χ3n) is 9.51. The number of aromatic nitrogens is 4. The summed E-state index contributed by atoms with van der Waals surface area (Å²) in [5.74, 6) is 1.40. The van der Waals surface area contributed by atoms with Gasteiger partial charge in [-0.1, -0.05) is 133 Å². The Kier molecular flexibility index (Phi) is 7.89. The molecule has 0 atom stereocenters. The van der Waals surface area contributed by atoms with Crippen molar-refractivity contribution in [2.45, 2.75) is 6.18 Å². The molecular weight excluding hydrogens is 666 g/mol. The lowest BCUT2D eigenvalue weighted by Crippen LogP contribution is -2.04. The van der Waals surface area contributed by atoms with Crippen LogP contribution in [0.15, 0.2) is 176 Å². The Labute approximate surface area is 303 Å². The molecule has 254 valence electrons. The van der Waals surface area contributed by atoms with E-state index < -0.39 is 11.7 Å². The monoisotopic (exact) mass is 694 g/mol. The predicted molar refractivity (Wildman–Crippen MR) is 206 cm³/mol. The first-order valence-corrected chi connectivity index (χ1v) is 17.2. The summed E-state index contributed by atoms with van der Waals surface area (Å²) >= 11 is 0. The minimum absolute atomic E-state index is 0.410. The zero-order valence-electron chi connectivity index (χ0n) is 28.2. The Balaban J connectivity index is 1.30. The van der Waals surface area contributed by atoms with Crippen molar-refractivity contribution < 1.29 is 13.2 Å². The van der Waals surface area contributed by atoms with Gasteiger partial charge in [0, 0.05) is 33.2 Å². The number of para-hydroxylation sites is 1. The molecule has 0 amide bonds. The minimum atomic E-state index is -4.47. The van der Waals surface area contributed by atoms with Crippen molar-refractivity contribution in [3.8, 4) is 62.1 Å². The van der Waals surface area contributed by atoms with Crippen LogP contribution in [0.1, 0.15) is 5.56 Å². The molecule has 9 aromatic rings. The normalized spacial score (nSPS) is 11.7. The van der Waals surface area contributed by atoms with Gasteiger partial charge >= 0.3 is 6.18 Å². The highest BCUT2D eigenvalue weighted by atomic mass is 19.4.